The van der Waals surface area contributed by atoms with Crippen molar-refractivity contribution in [2.45, 2.75) is 20.3 Å². The molecule has 3 aromatic rings. The largest absolute Gasteiger partial charge is 0.456 e. The van der Waals surface area contributed by atoms with Gasteiger partial charge in [-0.25, -0.2) is 0 Å². The van der Waals surface area contributed by atoms with Gasteiger partial charge in [-0.1, -0.05) is 19.0 Å². The Hall–Kier alpha value is -3.25. The quantitative estimate of drug-likeness (QED) is 0.379. The topological polar surface area (TPSA) is 81.5 Å². The van der Waals surface area contributed by atoms with E-state index in [1.165, 1.54) is 6.07 Å². The Morgan fingerprint density at radius 3 is 2.83 bits per heavy atom. The van der Waals surface area contributed by atoms with Gasteiger partial charge < -0.3 is 4.42 Å². The summed E-state index contributed by atoms with van der Waals surface area (Å²) in [5.74, 6) is 1.04. The molecule has 0 spiro atoms. The van der Waals surface area contributed by atoms with Gasteiger partial charge in [-0.15, -0.1) is 0 Å². The minimum atomic E-state index is -0.462. The van der Waals surface area contributed by atoms with E-state index in [0.717, 1.165) is 36.2 Å². The lowest BCUT2D eigenvalue weighted by Gasteiger charge is -2.15. The molecule has 6 nitrogen and oxygen atoms in total. The van der Waals surface area contributed by atoms with E-state index in [-0.39, 0.29) is 13.1 Å². The average Bonchev–Trinajstić information content (AvgIpc) is 3.17. The maximum Gasteiger partial charge on any atom is 0.281 e. The van der Waals surface area contributed by atoms with Crippen LogP contribution in [0, 0.1) is 10.1 Å². The fourth-order valence-corrected chi connectivity index (χ4v) is 3.38. The summed E-state index contributed by atoms with van der Waals surface area (Å²) in [4.78, 5) is 19.7. The van der Waals surface area contributed by atoms with Crippen molar-refractivity contribution in [3.05, 3.63) is 86.9 Å². The van der Waals surface area contributed by atoms with Gasteiger partial charge in [-0.05, 0) is 60.9 Å². The van der Waals surface area contributed by atoms with Crippen LogP contribution in [0.3, 0.4) is 0 Å². The summed E-state index contributed by atoms with van der Waals surface area (Å²) >= 11 is 5.89. The van der Waals surface area contributed by atoms with E-state index < -0.39 is 4.92 Å². The zero-order valence-corrected chi connectivity index (χ0v) is 15.6. The predicted molar refractivity (Wildman–Crippen MR) is 115 cm³/mol. The van der Waals surface area contributed by atoms with Crippen LogP contribution in [-0.2, 0) is 0 Å². The third-order valence-electron chi connectivity index (χ3n) is 4.48. The lowest BCUT2D eigenvalue weighted by molar-refractivity contribution is -0.384. The first-order valence-corrected chi connectivity index (χ1v) is 9.19. The van der Waals surface area contributed by atoms with E-state index in [2.05, 4.69) is 9.98 Å². The number of benzene rings is 1. The van der Waals surface area contributed by atoms with Crippen LogP contribution in [0.4, 0.5) is 5.69 Å². The molecule has 29 heavy (non-hydrogen) atoms. The van der Waals surface area contributed by atoms with E-state index in [9.17, 15) is 10.1 Å². The zero-order chi connectivity index (χ0) is 19.5. The van der Waals surface area contributed by atoms with Crippen molar-refractivity contribution in [1.82, 2.24) is 4.98 Å². The first-order chi connectivity index (χ1) is 13.6. The number of rotatable bonds is 4. The van der Waals surface area contributed by atoms with Crippen LogP contribution < -0.4 is 0 Å². The summed E-state index contributed by atoms with van der Waals surface area (Å²) in [6.07, 6.45) is 7.31. The highest BCUT2D eigenvalue weighted by molar-refractivity contribution is 6.30. The minimum Gasteiger partial charge on any atom is -0.456 e. The highest BCUT2D eigenvalue weighted by Gasteiger charge is 2.19. The molecule has 2 aromatic heterocycles. The van der Waals surface area contributed by atoms with E-state index in [0.29, 0.717) is 22.1 Å². The molecule has 0 saturated heterocycles. The molecule has 0 unspecified atom stereocenters. The maximum absolute atomic E-state index is 11.3. The molecule has 1 aliphatic heterocycles. The molecule has 0 aliphatic carbocycles. The molecule has 1 aromatic carbocycles. The van der Waals surface area contributed by atoms with Gasteiger partial charge in [0.1, 0.15) is 11.5 Å². The first kappa shape index (κ1) is 20.5. The Kier molecular flexibility index (Phi) is 6.24. The monoisotopic (exact) mass is 409 g/mol. The standard InChI is InChI=1S/C21H16ClN3O3.CH4/c22-16-5-7-18(19(12-16)25(26)27)20-8-6-17(28-20)11-14-3-2-10-24-21(14)15-4-1-9-23-13-15;/h1,4-9,11-13H,2-3,10H2;1H4/b14-11+;. The van der Waals surface area contributed by atoms with Crippen LogP contribution in [0.5, 0.6) is 0 Å². The van der Waals surface area contributed by atoms with Crippen molar-refractivity contribution in [1.29, 1.82) is 0 Å². The molecule has 1 aliphatic rings. The van der Waals surface area contributed by atoms with Crippen molar-refractivity contribution >= 4 is 29.1 Å². The second-order valence-corrected chi connectivity index (χ2v) is 6.80. The number of aliphatic imine (C=N–C) groups is 1. The van der Waals surface area contributed by atoms with E-state index in [1.807, 2.05) is 18.2 Å². The molecule has 0 atom stereocenters. The van der Waals surface area contributed by atoms with Crippen LogP contribution in [0.15, 0.2) is 69.8 Å². The van der Waals surface area contributed by atoms with Gasteiger partial charge in [-0.2, -0.15) is 0 Å². The summed E-state index contributed by atoms with van der Waals surface area (Å²) < 4.78 is 5.89. The van der Waals surface area contributed by atoms with Crippen LogP contribution in [-0.4, -0.2) is 22.2 Å². The zero-order valence-electron chi connectivity index (χ0n) is 14.8. The average molecular weight is 410 g/mol. The molecular formula is C22H20ClN3O3. The molecule has 148 valence electrons. The van der Waals surface area contributed by atoms with Gasteiger partial charge >= 0.3 is 0 Å². The highest BCUT2D eigenvalue weighted by atomic mass is 35.5. The predicted octanol–water partition coefficient (Wildman–Crippen LogP) is 6.21. The summed E-state index contributed by atoms with van der Waals surface area (Å²) in [5.41, 5.74) is 3.24. The van der Waals surface area contributed by atoms with Gasteiger partial charge in [0.25, 0.3) is 5.69 Å². The van der Waals surface area contributed by atoms with Gasteiger partial charge in [-0.3, -0.25) is 20.1 Å². The highest BCUT2D eigenvalue weighted by Crippen LogP contribution is 2.34. The molecule has 3 heterocycles. The Labute approximate surface area is 173 Å². The third-order valence-corrected chi connectivity index (χ3v) is 4.71. The summed E-state index contributed by atoms with van der Waals surface area (Å²) in [6, 6.07) is 11.9. The lowest BCUT2D eigenvalue weighted by atomic mass is 9.96. The molecule has 0 bridgehead atoms. The fraction of sp³-hybridized carbons (Fsp3) is 0.182. The second kappa shape index (κ2) is 8.84. The summed E-state index contributed by atoms with van der Waals surface area (Å²) in [7, 11) is 0. The molecule has 0 fully saturated rings. The Balaban J connectivity index is 0.00000240. The molecule has 0 saturated carbocycles. The van der Waals surface area contributed by atoms with E-state index in [4.69, 9.17) is 16.0 Å². The Bertz CT molecular complexity index is 1090. The van der Waals surface area contributed by atoms with Gasteiger partial charge in [0.05, 0.1) is 16.2 Å². The number of allylic oxidation sites excluding steroid dienone is 1. The van der Waals surface area contributed by atoms with Crippen molar-refractivity contribution in [3.8, 4) is 11.3 Å². The van der Waals surface area contributed by atoms with Gasteiger partial charge in [0.2, 0.25) is 0 Å². The number of nitro benzene ring substituents is 1. The molecule has 0 radical (unpaired) electrons. The van der Waals surface area contributed by atoms with Crippen LogP contribution in [0.2, 0.25) is 5.02 Å². The van der Waals surface area contributed by atoms with E-state index >= 15 is 0 Å². The number of hydrogen-bond donors (Lipinski definition) is 0. The Morgan fingerprint density at radius 1 is 1.21 bits per heavy atom. The fourth-order valence-electron chi connectivity index (χ4n) is 3.21. The number of furan rings is 1. The summed E-state index contributed by atoms with van der Waals surface area (Å²) in [5, 5.41) is 11.7. The van der Waals surface area contributed by atoms with Crippen LogP contribution in [0.25, 0.3) is 17.4 Å². The number of aromatic nitrogens is 1. The number of nitrogens with zero attached hydrogens (tertiary/aromatic N) is 3. The normalized spacial score (nSPS) is 14.9. The molecule has 0 amide bonds. The SMILES string of the molecule is C.O=[N+]([O-])c1cc(Cl)ccc1-c1ccc(/C=C2\CCCN=C2c2cccnc2)o1. The molecule has 0 N–H and O–H groups in total. The third kappa shape index (κ3) is 4.43. The van der Waals surface area contributed by atoms with Crippen molar-refractivity contribution in [3.63, 3.8) is 0 Å². The van der Waals surface area contributed by atoms with Crippen molar-refractivity contribution in [2.75, 3.05) is 6.54 Å². The lowest BCUT2D eigenvalue weighted by Crippen LogP contribution is -2.11. The molecular weight excluding hydrogens is 390 g/mol. The van der Waals surface area contributed by atoms with Gasteiger partial charge in [0.15, 0.2) is 0 Å². The Morgan fingerprint density at radius 2 is 2.07 bits per heavy atom. The second-order valence-electron chi connectivity index (χ2n) is 6.37. The smallest absolute Gasteiger partial charge is 0.281 e. The number of nitro groups is 1. The summed E-state index contributed by atoms with van der Waals surface area (Å²) in [6.45, 7) is 0.780. The first-order valence-electron chi connectivity index (χ1n) is 8.82. The van der Waals surface area contributed by atoms with Gasteiger partial charge in [0, 0.05) is 35.6 Å². The molecule has 7 heteroatoms. The maximum atomic E-state index is 11.3. The van der Waals surface area contributed by atoms with Crippen molar-refractivity contribution < 1.29 is 9.34 Å². The van der Waals surface area contributed by atoms with Crippen LogP contribution >= 0.6 is 11.6 Å². The number of hydrogen-bond acceptors (Lipinski definition) is 5. The minimum absolute atomic E-state index is 0. The van der Waals surface area contributed by atoms with Crippen molar-refractivity contribution in [2.24, 2.45) is 4.99 Å². The number of halogens is 1. The number of pyridine rings is 1. The molecule has 4 rings (SSSR count). The van der Waals surface area contributed by atoms with Crippen LogP contribution in [0.1, 0.15) is 31.6 Å². The van der Waals surface area contributed by atoms with E-state index in [1.54, 1.807) is 36.7 Å².